The van der Waals surface area contributed by atoms with Crippen molar-refractivity contribution >= 4 is 23.2 Å². The number of benzene rings is 1. The first kappa shape index (κ1) is 18.9. The van der Waals surface area contributed by atoms with Crippen LogP contribution in [0, 0.1) is 5.92 Å². The van der Waals surface area contributed by atoms with E-state index in [1.54, 1.807) is 12.1 Å². The number of aliphatic hydroxyl groups is 1. The van der Waals surface area contributed by atoms with E-state index < -0.39 is 0 Å². The molecular weight excluding hydrogens is 333 g/mol. The highest BCUT2D eigenvalue weighted by atomic mass is 35.5. The Bertz CT molecular complexity index is 484. The zero-order valence-corrected chi connectivity index (χ0v) is 15.3. The fourth-order valence-electron chi connectivity index (χ4n) is 3.07. The second-order valence-electron chi connectivity index (χ2n) is 6.34. The summed E-state index contributed by atoms with van der Waals surface area (Å²) >= 11 is 11.9. The predicted octanol–water partition coefficient (Wildman–Crippen LogP) is 4.64. The third-order valence-electron chi connectivity index (χ3n) is 4.53. The van der Waals surface area contributed by atoms with Crippen molar-refractivity contribution in [2.24, 2.45) is 5.92 Å². The Labute approximate surface area is 149 Å². The molecule has 23 heavy (non-hydrogen) atoms. The number of unbranched alkanes of at least 4 members (excludes halogenated alkanes) is 2. The molecule has 1 aromatic carbocycles. The van der Waals surface area contributed by atoms with E-state index in [-0.39, 0.29) is 6.10 Å². The van der Waals surface area contributed by atoms with Gasteiger partial charge in [-0.1, -0.05) is 43.0 Å². The van der Waals surface area contributed by atoms with Gasteiger partial charge in [0.15, 0.2) is 0 Å². The largest absolute Gasteiger partial charge is 0.494 e. The fourth-order valence-corrected chi connectivity index (χ4v) is 3.35. The molecule has 1 aliphatic rings. The quantitative estimate of drug-likeness (QED) is 0.686. The van der Waals surface area contributed by atoms with Crippen LogP contribution < -0.4 is 4.74 Å². The summed E-state index contributed by atoms with van der Waals surface area (Å²) in [6.45, 7) is 5.79. The average molecular weight is 360 g/mol. The highest BCUT2D eigenvalue weighted by Gasteiger charge is 2.27. The number of β-amino-alcohol motifs (C(OH)–C–C–N with tert-alkyl or cyclic N) is 1. The topological polar surface area (TPSA) is 32.7 Å². The van der Waals surface area contributed by atoms with Crippen molar-refractivity contribution in [3.05, 3.63) is 28.2 Å². The number of rotatable bonds is 8. The van der Waals surface area contributed by atoms with Gasteiger partial charge in [-0.05, 0) is 50.4 Å². The summed E-state index contributed by atoms with van der Waals surface area (Å²) in [7, 11) is 0. The minimum absolute atomic E-state index is 0.247. The Balaban J connectivity index is 1.69. The van der Waals surface area contributed by atoms with E-state index in [4.69, 9.17) is 27.9 Å². The normalized spacial score (nSPS) is 22.3. The van der Waals surface area contributed by atoms with Crippen molar-refractivity contribution < 1.29 is 9.84 Å². The Hall–Kier alpha value is -0.480. The zero-order valence-electron chi connectivity index (χ0n) is 13.8. The molecule has 0 amide bonds. The Morgan fingerprint density at radius 2 is 2.09 bits per heavy atom. The van der Waals surface area contributed by atoms with Gasteiger partial charge in [0.05, 0.1) is 22.8 Å². The molecule has 1 heterocycles. The van der Waals surface area contributed by atoms with Crippen LogP contribution >= 0.6 is 23.2 Å². The lowest BCUT2D eigenvalue weighted by molar-refractivity contribution is 0.0129. The van der Waals surface area contributed by atoms with E-state index in [2.05, 4.69) is 11.8 Å². The van der Waals surface area contributed by atoms with Gasteiger partial charge >= 0.3 is 0 Å². The maximum absolute atomic E-state index is 10.3. The Morgan fingerprint density at radius 3 is 2.78 bits per heavy atom. The number of hydrogen-bond acceptors (Lipinski definition) is 3. The predicted molar refractivity (Wildman–Crippen MR) is 96.7 cm³/mol. The molecule has 0 aliphatic carbocycles. The van der Waals surface area contributed by atoms with E-state index in [9.17, 15) is 5.11 Å². The summed E-state index contributed by atoms with van der Waals surface area (Å²) in [4.78, 5) is 2.39. The number of piperidine rings is 1. The maximum Gasteiger partial charge on any atom is 0.120 e. The van der Waals surface area contributed by atoms with Crippen molar-refractivity contribution in [2.75, 3.05) is 26.2 Å². The molecule has 0 aromatic heterocycles. The highest BCUT2D eigenvalue weighted by molar-refractivity contribution is 6.42. The molecule has 1 aliphatic heterocycles. The first-order chi connectivity index (χ1) is 11.1. The van der Waals surface area contributed by atoms with Gasteiger partial charge < -0.3 is 14.7 Å². The zero-order chi connectivity index (χ0) is 16.7. The molecule has 0 spiro atoms. The molecule has 1 saturated heterocycles. The molecule has 1 N–H and O–H groups in total. The minimum Gasteiger partial charge on any atom is -0.494 e. The molecule has 1 aromatic rings. The highest BCUT2D eigenvalue weighted by Crippen LogP contribution is 2.27. The van der Waals surface area contributed by atoms with E-state index in [0.717, 1.165) is 38.2 Å². The van der Waals surface area contributed by atoms with Gasteiger partial charge in [-0.15, -0.1) is 0 Å². The van der Waals surface area contributed by atoms with Crippen molar-refractivity contribution in [1.82, 2.24) is 4.90 Å². The summed E-state index contributed by atoms with van der Waals surface area (Å²) in [5, 5.41) is 11.4. The lowest BCUT2D eigenvalue weighted by Crippen LogP contribution is -2.44. The van der Waals surface area contributed by atoms with Gasteiger partial charge in [-0.3, -0.25) is 0 Å². The average Bonchev–Trinajstić information content (AvgIpc) is 2.53. The maximum atomic E-state index is 10.3. The summed E-state index contributed by atoms with van der Waals surface area (Å²) in [5.41, 5.74) is 0. The molecule has 5 heteroatoms. The monoisotopic (exact) mass is 359 g/mol. The lowest BCUT2D eigenvalue weighted by atomic mass is 9.91. The van der Waals surface area contributed by atoms with Gasteiger partial charge in [-0.25, -0.2) is 0 Å². The SMILES string of the molecule is CCCCCN1CC[C@H](CCOc2ccc(Cl)c(Cl)c2)[C@H](O)C1. The van der Waals surface area contributed by atoms with Crippen LogP contribution in [0.15, 0.2) is 18.2 Å². The summed E-state index contributed by atoms with van der Waals surface area (Å²) in [6.07, 6.45) is 5.40. The van der Waals surface area contributed by atoms with E-state index in [1.807, 2.05) is 6.07 Å². The molecule has 1 fully saturated rings. The molecule has 0 radical (unpaired) electrons. The number of ether oxygens (including phenoxy) is 1. The van der Waals surface area contributed by atoms with Gasteiger partial charge in [0.25, 0.3) is 0 Å². The molecule has 2 rings (SSSR count). The van der Waals surface area contributed by atoms with Crippen LogP contribution in [0.5, 0.6) is 5.75 Å². The van der Waals surface area contributed by atoms with Crippen molar-refractivity contribution in [1.29, 1.82) is 0 Å². The number of aliphatic hydroxyl groups excluding tert-OH is 1. The number of likely N-dealkylation sites (tertiary alicyclic amines) is 1. The lowest BCUT2D eigenvalue weighted by Gasteiger charge is -2.36. The molecule has 0 saturated carbocycles. The number of hydrogen-bond donors (Lipinski definition) is 1. The fraction of sp³-hybridized carbons (Fsp3) is 0.667. The van der Waals surface area contributed by atoms with Crippen molar-refractivity contribution in [3.63, 3.8) is 0 Å². The molecule has 3 nitrogen and oxygen atoms in total. The Kier molecular flexibility index (Phi) is 7.97. The second-order valence-corrected chi connectivity index (χ2v) is 7.15. The van der Waals surface area contributed by atoms with Gasteiger partial charge in [0.1, 0.15) is 5.75 Å². The number of halogens is 2. The van der Waals surface area contributed by atoms with Crippen LogP contribution in [0.2, 0.25) is 10.0 Å². The van der Waals surface area contributed by atoms with Gasteiger partial charge in [-0.2, -0.15) is 0 Å². The van der Waals surface area contributed by atoms with Crippen LogP contribution in [-0.2, 0) is 0 Å². The van der Waals surface area contributed by atoms with E-state index >= 15 is 0 Å². The van der Waals surface area contributed by atoms with Crippen LogP contribution in [-0.4, -0.2) is 42.4 Å². The first-order valence-electron chi connectivity index (χ1n) is 8.58. The third-order valence-corrected chi connectivity index (χ3v) is 5.27. The summed E-state index contributed by atoms with van der Waals surface area (Å²) in [5.74, 6) is 1.05. The van der Waals surface area contributed by atoms with Crippen molar-refractivity contribution in [2.45, 2.75) is 45.1 Å². The smallest absolute Gasteiger partial charge is 0.120 e. The summed E-state index contributed by atoms with van der Waals surface area (Å²) in [6, 6.07) is 5.29. The molecule has 2 atom stereocenters. The minimum atomic E-state index is -0.247. The van der Waals surface area contributed by atoms with Gasteiger partial charge in [0.2, 0.25) is 0 Å². The first-order valence-corrected chi connectivity index (χ1v) is 9.34. The Morgan fingerprint density at radius 1 is 1.26 bits per heavy atom. The molecule has 130 valence electrons. The van der Waals surface area contributed by atoms with Crippen LogP contribution in [0.25, 0.3) is 0 Å². The second kappa shape index (κ2) is 9.73. The standard InChI is InChI=1S/C18H27Cl2NO2/c1-2-3-4-9-21-10-7-14(18(22)13-21)8-11-23-15-5-6-16(19)17(20)12-15/h5-6,12,14,18,22H,2-4,7-11,13H2,1H3/t14-,18-/m1/s1. The van der Waals surface area contributed by atoms with Crippen LogP contribution in [0.4, 0.5) is 0 Å². The molecular formula is C18H27Cl2NO2. The third kappa shape index (κ3) is 6.15. The molecule has 0 bridgehead atoms. The van der Waals surface area contributed by atoms with Crippen molar-refractivity contribution in [3.8, 4) is 5.75 Å². The van der Waals surface area contributed by atoms with Crippen LogP contribution in [0.3, 0.4) is 0 Å². The van der Waals surface area contributed by atoms with Gasteiger partial charge in [0, 0.05) is 12.6 Å². The van der Waals surface area contributed by atoms with E-state index in [0.29, 0.717) is 22.6 Å². The summed E-state index contributed by atoms with van der Waals surface area (Å²) < 4.78 is 5.73. The number of nitrogens with zero attached hydrogens (tertiary/aromatic N) is 1. The molecule has 0 unspecified atom stereocenters. The van der Waals surface area contributed by atoms with Crippen LogP contribution in [0.1, 0.15) is 39.0 Å². The van der Waals surface area contributed by atoms with E-state index in [1.165, 1.54) is 19.3 Å².